The monoisotopic (exact) mass is 254 g/mol. The molecule has 0 aliphatic heterocycles. The Labute approximate surface area is 81.3 Å². The number of halogens is 4. The molecule has 0 heterocycles. The van der Waals surface area contributed by atoms with Gasteiger partial charge < -0.3 is 5.11 Å². The molecule has 1 aromatic carbocycles. The minimum atomic E-state index is -3.52. The lowest BCUT2D eigenvalue weighted by Crippen LogP contribution is -2.19. The minimum Gasteiger partial charge on any atom is -0.381 e. The standard InChI is InChI=1S/C8H6BrF3O/c9-8(11,12)7(13)5-3-1-2-4-6(5)10/h1-4,7,13H. The van der Waals surface area contributed by atoms with Gasteiger partial charge in [0.1, 0.15) is 5.82 Å². The topological polar surface area (TPSA) is 20.2 Å². The Kier molecular flexibility index (Phi) is 2.98. The molecule has 0 amide bonds. The van der Waals surface area contributed by atoms with Gasteiger partial charge in [0.15, 0.2) is 6.10 Å². The van der Waals surface area contributed by atoms with Gasteiger partial charge in [0.2, 0.25) is 0 Å². The van der Waals surface area contributed by atoms with Crippen LogP contribution in [0, 0.1) is 5.82 Å². The third-order valence-corrected chi connectivity index (χ3v) is 1.94. The van der Waals surface area contributed by atoms with Crippen LogP contribution in [-0.4, -0.2) is 9.94 Å². The smallest absolute Gasteiger partial charge is 0.330 e. The van der Waals surface area contributed by atoms with Crippen molar-refractivity contribution < 1.29 is 18.3 Å². The van der Waals surface area contributed by atoms with Gasteiger partial charge in [0, 0.05) is 5.56 Å². The van der Waals surface area contributed by atoms with Crippen molar-refractivity contribution in [2.24, 2.45) is 0 Å². The van der Waals surface area contributed by atoms with E-state index in [1.54, 1.807) is 0 Å². The van der Waals surface area contributed by atoms with E-state index in [-0.39, 0.29) is 0 Å². The van der Waals surface area contributed by atoms with E-state index in [4.69, 9.17) is 5.11 Å². The maximum atomic E-state index is 12.9. The molecule has 0 aromatic heterocycles. The van der Waals surface area contributed by atoms with E-state index >= 15 is 0 Å². The van der Waals surface area contributed by atoms with Crippen molar-refractivity contribution in [2.45, 2.75) is 10.9 Å². The maximum absolute atomic E-state index is 12.9. The summed E-state index contributed by atoms with van der Waals surface area (Å²) in [5.74, 6) is -0.853. The largest absolute Gasteiger partial charge is 0.381 e. The Bertz CT molecular complexity index is 298. The lowest BCUT2D eigenvalue weighted by Gasteiger charge is -2.16. The van der Waals surface area contributed by atoms with Gasteiger partial charge in [-0.15, -0.1) is 0 Å². The first-order valence-corrected chi connectivity index (χ1v) is 4.21. The second-order valence-electron chi connectivity index (χ2n) is 2.47. The van der Waals surface area contributed by atoms with Gasteiger partial charge in [-0.25, -0.2) is 4.39 Å². The van der Waals surface area contributed by atoms with E-state index in [0.717, 1.165) is 12.1 Å². The molecular weight excluding hydrogens is 249 g/mol. The van der Waals surface area contributed by atoms with Crippen LogP contribution in [0.1, 0.15) is 11.7 Å². The molecule has 1 nitrogen and oxygen atoms in total. The molecule has 5 heteroatoms. The number of hydrogen-bond acceptors (Lipinski definition) is 1. The highest BCUT2D eigenvalue weighted by atomic mass is 79.9. The summed E-state index contributed by atoms with van der Waals surface area (Å²) in [5, 5.41) is 9.00. The normalized spacial score (nSPS) is 14.2. The Morgan fingerprint density at radius 3 is 2.31 bits per heavy atom. The molecule has 0 saturated heterocycles. The second kappa shape index (κ2) is 3.67. The number of aliphatic hydroxyl groups is 1. The van der Waals surface area contributed by atoms with Crippen LogP contribution in [-0.2, 0) is 0 Å². The van der Waals surface area contributed by atoms with Crippen LogP contribution in [0.25, 0.3) is 0 Å². The molecule has 1 N–H and O–H groups in total. The van der Waals surface area contributed by atoms with Gasteiger partial charge in [0.25, 0.3) is 0 Å². The van der Waals surface area contributed by atoms with Gasteiger partial charge in [0.05, 0.1) is 0 Å². The molecule has 0 aliphatic rings. The lowest BCUT2D eigenvalue weighted by molar-refractivity contribution is -0.0312. The van der Waals surface area contributed by atoms with Gasteiger partial charge in [-0.1, -0.05) is 18.2 Å². The summed E-state index contributed by atoms with van der Waals surface area (Å²) in [6, 6.07) is 4.85. The molecule has 1 rings (SSSR count). The van der Waals surface area contributed by atoms with Crippen LogP contribution in [0.3, 0.4) is 0 Å². The highest BCUT2D eigenvalue weighted by molar-refractivity contribution is 9.10. The number of aliphatic hydroxyl groups excluding tert-OH is 1. The summed E-state index contributed by atoms with van der Waals surface area (Å²) in [6.07, 6.45) is -2.17. The van der Waals surface area contributed by atoms with Crippen LogP contribution < -0.4 is 0 Å². The van der Waals surface area contributed by atoms with Crippen LogP contribution in [0.15, 0.2) is 24.3 Å². The third-order valence-electron chi connectivity index (χ3n) is 1.51. The molecule has 0 radical (unpaired) electrons. The zero-order valence-corrected chi connectivity index (χ0v) is 7.93. The summed E-state index contributed by atoms with van der Waals surface area (Å²) in [7, 11) is 0. The van der Waals surface area contributed by atoms with Gasteiger partial charge >= 0.3 is 4.83 Å². The van der Waals surface area contributed by atoms with E-state index in [1.165, 1.54) is 12.1 Å². The predicted octanol–water partition coefficient (Wildman–Crippen LogP) is 2.85. The zero-order chi connectivity index (χ0) is 10.1. The molecule has 1 aromatic rings. The molecule has 0 bridgehead atoms. The molecule has 0 fully saturated rings. The highest BCUT2D eigenvalue weighted by Crippen LogP contribution is 2.37. The minimum absolute atomic E-state index is 0.427. The molecule has 0 saturated carbocycles. The van der Waals surface area contributed by atoms with E-state index in [1.807, 2.05) is 15.9 Å². The number of rotatable bonds is 2. The van der Waals surface area contributed by atoms with E-state index in [9.17, 15) is 13.2 Å². The molecule has 0 spiro atoms. The average Bonchev–Trinajstić information content (AvgIpc) is 2.02. The fourth-order valence-corrected chi connectivity index (χ4v) is 1.12. The summed E-state index contributed by atoms with van der Waals surface area (Å²) in [6.45, 7) is 0. The summed E-state index contributed by atoms with van der Waals surface area (Å²) in [4.78, 5) is -3.52. The summed E-state index contributed by atoms with van der Waals surface area (Å²) < 4.78 is 37.8. The van der Waals surface area contributed by atoms with Crippen molar-refractivity contribution in [3.8, 4) is 0 Å². The fourth-order valence-electron chi connectivity index (χ4n) is 0.873. The second-order valence-corrected chi connectivity index (χ2v) is 3.52. The van der Waals surface area contributed by atoms with Crippen LogP contribution >= 0.6 is 15.9 Å². The van der Waals surface area contributed by atoms with E-state index < -0.39 is 22.3 Å². The van der Waals surface area contributed by atoms with Crippen molar-refractivity contribution >= 4 is 15.9 Å². The van der Waals surface area contributed by atoms with Gasteiger partial charge in [-0.2, -0.15) is 8.78 Å². The Morgan fingerprint density at radius 2 is 1.85 bits per heavy atom. The van der Waals surface area contributed by atoms with Gasteiger partial charge in [-0.05, 0) is 22.0 Å². The molecular formula is C8H6BrF3O. The fraction of sp³-hybridized carbons (Fsp3) is 0.250. The number of alkyl halides is 3. The van der Waals surface area contributed by atoms with Crippen molar-refractivity contribution in [3.05, 3.63) is 35.6 Å². The molecule has 13 heavy (non-hydrogen) atoms. The van der Waals surface area contributed by atoms with Crippen LogP contribution in [0.4, 0.5) is 13.2 Å². The first kappa shape index (κ1) is 10.5. The SMILES string of the molecule is OC(c1ccccc1F)C(F)(F)Br. The van der Waals surface area contributed by atoms with Crippen LogP contribution in [0.2, 0.25) is 0 Å². The molecule has 1 unspecified atom stereocenters. The summed E-state index contributed by atoms with van der Waals surface area (Å²) in [5.41, 5.74) is -0.427. The maximum Gasteiger partial charge on any atom is 0.330 e. The predicted molar refractivity (Wildman–Crippen MR) is 45.2 cm³/mol. The molecule has 0 aliphatic carbocycles. The van der Waals surface area contributed by atoms with Crippen molar-refractivity contribution in [1.29, 1.82) is 0 Å². The van der Waals surface area contributed by atoms with Crippen LogP contribution in [0.5, 0.6) is 0 Å². The first-order valence-electron chi connectivity index (χ1n) is 3.42. The third kappa shape index (κ3) is 2.45. The van der Waals surface area contributed by atoms with Crippen molar-refractivity contribution in [3.63, 3.8) is 0 Å². The average molecular weight is 255 g/mol. The number of hydrogen-bond donors (Lipinski definition) is 1. The zero-order valence-electron chi connectivity index (χ0n) is 6.35. The molecule has 72 valence electrons. The highest BCUT2D eigenvalue weighted by Gasteiger charge is 2.37. The van der Waals surface area contributed by atoms with E-state index in [0.29, 0.717) is 0 Å². The van der Waals surface area contributed by atoms with E-state index in [2.05, 4.69) is 0 Å². The van der Waals surface area contributed by atoms with Crippen molar-refractivity contribution in [1.82, 2.24) is 0 Å². The van der Waals surface area contributed by atoms with Gasteiger partial charge in [-0.3, -0.25) is 0 Å². The first-order chi connectivity index (χ1) is 5.93. The number of benzene rings is 1. The molecule has 1 atom stereocenters. The quantitative estimate of drug-likeness (QED) is 0.805. The van der Waals surface area contributed by atoms with Crippen molar-refractivity contribution in [2.75, 3.05) is 0 Å². The summed E-state index contributed by atoms with van der Waals surface area (Å²) >= 11 is 1.96. The lowest BCUT2D eigenvalue weighted by atomic mass is 10.1. The Morgan fingerprint density at radius 1 is 1.31 bits per heavy atom. The Balaban J connectivity index is 3.02. The Hall–Kier alpha value is -0.550.